The fraction of sp³-hybridized carbons (Fsp3) is 0.667. The van der Waals surface area contributed by atoms with Gasteiger partial charge in [0.05, 0.1) is 118 Å². The van der Waals surface area contributed by atoms with Crippen molar-refractivity contribution in [2.45, 2.75) is 211 Å². The minimum Gasteiger partial charge on any atom is -0.383 e. The van der Waals surface area contributed by atoms with E-state index in [9.17, 15) is 23.2 Å². The summed E-state index contributed by atoms with van der Waals surface area (Å²) in [6, 6.07) is 22.1. The van der Waals surface area contributed by atoms with Crippen molar-refractivity contribution in [3.63, 3.8) is 0 Å². The van der Waals surface area contributed by atoms with E-state index in [2.05, 4.69) is 167 Å². The van der Waals surface area contributed by atoms with Crippen molar-refractivity contribution in [1.82, 2.24) is 60.3 Å². The van der Waals surface area contributed by atoms with Gasteiger partial charge in [-0.2, -0.15) is 0 Å². The van der Waals surface area contributed by atoms with Crippen molar-refractivity contribution < 1.29 is 46.8 Å². The molecule has 0 aliphatic carbocycles. The van der Waals surface area contributed by atoms with Gasteiger partial charge < -0.3 is 54.3 Å². The predicted molar refractivity (Wildman–Crippen MR) is 451 cm³/mol. The first-order valence-electron chi connectivity index (χ1n) is 42.5. The third kappa shape index (κ3) is 21.3. The minimum atomic E-state index is -0.244. The molecule has 0 spiro atoms. The topological polar surface area (TPSA) is 201 Å². The summed E-state index contributed by atoms with van der Waals surface area (Å²) in [4.78, 5) is 76.9. The number of hydrogen-bond donors (Lipinski definition) is 3. The Morgan fingerprint density at radius 1 is 0.513 bits per heavy atom. The molecule has 9 aliphatic heterocycles. The fourth-order valence-corrected chi connectivity index (χ4v) is 19.0. The normalized spacial score (nSPS) is 28.1. The number of carbonyl (C=O) groups is 3. The third-order valence-electron chi connectivity index (χ3n) is 25.6. The molecule has 25 heteroatoms. The first kappa shape index (κ1) is 87.9. The van der Waals surface area contributed by atoms with Gasteiger partial charge >= 0.3 is 0 Å². The maximum absolute atomic E-state index is 14.0. The Balaban J connectivity index is 0.000000160. The smallest absolute Gasteiger partial charge is 0.241 e. The number of fused-ring (bicyclic) bond motifs is 3. The molecule has 115 heavy (non-hydrogen) atoms. The number of piperazine rings is 3. The van der Waals surface area contributed by atoms with Gasteiger partial charge in [-0.25, -0.2) is 8.78 Å². The molecule has 12 heterocycles. The van der Waals surface area contributed by atoms with Crippen LogP contribution in [0.5, 0.6) is 0 Å². The molecule has 2 aromatic carbocycles. The summed E-state index contributed by atoms with van der Waals surface area (Å²) in [6.07, 6.45) is 9.39. The van der Waals surface area contributed by atoms with Crippen LogP contribution in [0, 0.1) is 11.6 Å². The number of methoxy groups -OCH3 is 2. The Bertz CT molecular complexity index is 3880. The molecule has 3 N–H and O–H groups in total. The van der Waals surface area contributed by atoms with Crippen LogP contribution in [-0.2, 0) is 67.2 Å². The van der Waals surface area contributed by atoms with Crippen LogP contribution < -0.4 is 30.7 Å². The number of nitrogens with one attached hydrogen (secondary N) is 3. The van der Waals surface area contributed by atoms with Crippen molar-refractivity contribution in [3.8, 4) is 0 Å². The van der Waals surface area contributed by atoms with Crippen LogP contribution in [0.4, 0.5) is 25.8 Å². The molecule has 11 atom stereocenters. The average Bonchev–Trinajstić information content (AvgIpc) is 1.61. The summed E-state index contributed by atoms with van der Waals surface area (Å²) in [6.45, 7) is 51.0. The molecule has 0 bridgehead atoms. The number of morpholine rings is 3. The van der Waals surface area contributed by atoms with Crippen molar-refractivity contribution in [3.05, 3.63) is 142 Å². The lowest BCUT2D eigenvalue weighted by Crippen LogP contribution is -2.65. The number of anilines is 3. The number of aromatic nitrogens is 3. The Hall–Kier alpha value is -6.40. The lowest BCUT2D eigenvalue weighted by Gasteiger charge is -2.48. The van der Waals surface area contributed by atoms with Crippen LogP contribution in [0.1, 0.15) is 168 Å². The van der Waals surface area contributed by atoms with E-state index in [0.29, 0.717) is 134 Å². The zero-order chi connectivity index (χ0) is 82.3. The molecule has 6 fully saturated rings. The van der Waals surface area contributed by atoms with Gasteiger partial charge in [0.15, 0.2) is 0 Å². The Kier molecular flexibility index (Phi) is 29.0. The summed E-state index contributed by atoms with van der Waals surface area (Å²) >= 11 is 0. The molecule has 0 radical (unpaired) electrons. The van der Waals surface area contributed by atoms with E-state index in [1.807, 2.05) is 33.3 Å². The van der Waals surface area contributed by atoms with E-state index >= 15 is 0 Å². The van der Waals surface area contributed by atoms with E-state index in [-0.39, 0.29) is 68.8 Å². The fourth-order valence-electron chi connectivity index (χ4n) is 19.0. The SMILES string of the molecule is CCCC(C)c1cnc2c(c1)N(C(=O)CN1C[C@@H](C)NC[C@@H]1CN1[C@H](C)COC[C@H]1C)CC2(C)C.COCC1(C)COCCN1C[C@H]1CN[C@H](C)CN1CC(=O)N1CC(C)(C)c2ncc(Cc3ccc(F)cc3)cc21.COCC1(C)COCCN1C[C@H]1CN[C@H](C)CN1CC(=O)N1CC(C)(C)c2ncc(Cc3ccc(F)cc3)cc21. The third-order valence-corrected chi connectivity index (χ3v) is 25.6. The lowest BCUT2D eigenvalue weighted by molar-refractivity contribution is -0.123. The van der Waals surface area contributed by atoms with Crippen molar-refractivity contribution in [2.24, 2.45) is 0 Å². The zero-order valence-electron chi connectivity index (χ0n) is 72.2. The minimum absolute atomic E-state index is 0.105. The summed E-state index contributed by atoms with van der Waals surface area (Å²) in [5.41, 5.74) is 10.1. The Morgan fingerprint density at radius 3 is 1.25 bits per heavy atom. The van der Waals surface area contributed by atoms with E-state index in [1.54, 1.807) is 38.5 Å². The van der Waals surface area contributed by atoms with E-state index in [0.717, 1.165) is 154 Å². The quantitative estimate of drug-likeness (QED) is 0.0559. The van der Waals surface area contributed by atoms with Crippen LogP contribution in [0.25, 0.3) is 0 Å². The highest BCUT2D eigenvalue weighted by Gasteiger charge is 2.47. The number of rotatable bonds is 23. The van der Waals surface area contributed by atoms with E-state index < -0.39 is 0 Å². The highest BCUT2D eigenvalue weighted by Crippen LogP contribution is 2.44. The number of amides is 3. The number of ether oxygens (including phenoxy) is 5. The summed E-state index contributed by atoms with van der Waals surface area (Å²) in [7, 11) is 3.48. The largest absolute Gasteiger partial charge is 0.383 e. The van der Waals surface area contributed by atoms with Gasteiger partial charge in [0.1, 0.15) is 11.6 Å². The number of nitrogens with zero attached hydrogens (tertiary/aromatic N) is 12. The molecule has 5 aromatic rings. The van der Waals surface area contributed by atoms with Crippen LogP contribution in [0.2, 0.25) is 0 Å². The second-order valence-corrected chi connectivity index (χ2v) is 37.4. The van der Waals surface area contributed by atoms with Crippen molar-refractivity contribution >= 4 is 34.8 Å². The highest BCUT2D eigenvalue weighted by atomic mass is 19.1. The second kappa shape index (κ2) is 37.9. The molecule has 3 unspecified atom stereocenters. The maximum Gasteiger partial charge on any atom is 0.241 e. The summed E-state index contributed by atoms with van der Waals surface area (Å²) in [5.74, 6) is 0.371. The number of benzene rings is 2. The Morgan fingerprint density at radius 2 is 0.878 bits per heavy atom. The van der Waals surface area contributed by atoms with Crippen molar-refractivity contribution in [1.29, 1.82) is 0 Å². The number of halogens is 2. The standard InChI is InChI=1S/2C31H44FN5O3.C28H47N5O2/c2*1-22-16-35(26(15-33-22)17-36-10-11-40-21-31(36,4)20-39-5)18-28(38)37-19-30(2,3)29-27(37)13-24(14-34-29)12-23-6-8-25(32)9-7-23;1-8-9-19(2)23-10-25-27(30-11-23)28(6,7)18-33(25)26(34)15-31-13-20(3)29-12-24(31)14-32-21(4)16-35-17-22(32)5/h2*6-9,13-14,22,26,33H,10-12,15-21H2,1-5H3;10-11,19-22,24,29H,8-9,12-18H2,1-7H3/t2*22-,26-,31?;19?,20-,21-,22-,24-/m111/s1. The van der Waals surface area contributed by atoms with E-state index in [4.69, 9.17) is 38.6 Å². The van der Waals surface area contributed by atoms with E-state index in [1.165, 1.54) is 29.8 Å². The number of hydrogen-bond acceptors (Lipinski definition) is 20. The number of carbonyl (C=O) groups excluding carboxylic acids is 3. The van der Waals surface area contributed by atoms with Gasteiger partial charge in [-0.3, -0.25) is 58.7 Å². The van der Waals surface area contributed by atoms with Gasteiger partial charge in [0.2, 0.25) is 17.7 Å². The van der Waals surface area contributed by atoms with Crippen molar-refractivity contribution in [2.75, 3.05) is 193 Å². The van der Waals surface area contributed by atoms with Crippen LogP contribution in [-0.4, -0.2) is 300 Å². The second-order valence-electron chi connectivity index (χ2n) is 37.4. The molecule has 23 nitrogen and oxygen atoms in total. The molecular weight excluding hydrogens is 1460 g/mol. The molecule has 3 amide bonds. The highest BCUT2D eigenvalue weighted by molar-refractivity contribution is 5.99. The van der Waals surface area contributed by atoms with Gasteiger partial charge in [-0.15, -0.1) is 0 Å². The van der Waals surface area contributed by atoms with Gasteiger partial charge in [0.25, 0.3) is 0 Å². The first-order valence-corrected chi connectivity index (χ1v) is 42.5. The van der Waals surface area contributed by atoms with Crippen LogP contribution in [0.3, 0.4) is 0 Å². The van der Waals surface area contributed by atoms with Gasteiger partial charge in [0, 0.05) is 189 Å². The molecule has 6 saturated heterocycles. The monoisotopic (exact) mass is 1590 g/mol. The van der Waals surface area contributed by atoms with Crippen LogP contribution in [0.15, 0.2) is 85.3 Å². The first-order chi connectivity index (χ1) is 54.8. The van der Waals surface area contributed by atoms with Gasteiger partial charge in [-0.1, -0.05) is 86.1 Å². The van der Waals surface area contributed by atoms with Crippen LogP contribution >= 0.6 is 0 Å². The maximum atomic E-state index is 14.0. The summed E-state index contributed by atoms with van der Waals surface area (Å²) in [5, 5.41) is 10.9. The molecule has 14 rings (SSSR count). The molecular formula is C90H135F2N15O8. The lowest BCUT2D eigenvalue weighted by atomic mass is 9.90. The van der Waals surface area contributed by atoms with Gasteiger partial charge in [-0.05, 0) is 144 Å². The zero-order valence-corrected chi connectivity index (χ0v) is 72.2. The summed E-state index contributed by atoms with van der Waals surface area (Å²) < 4.78 is 55.3. The molecule has 3 aromatic heterocycles. The number of pyridine rings is 3. The average molecular weight is 1590 g/mol. The molecule has 632 valence electrons. The predicted octanol–water partition coefficient (Wildman–Crippen LogP) is 9.05. The molecule has 9 aliphatic rings. The molecule has 0 saturated carbocycles. The Labute approximate surface area is 684 Å².